The molecule has 3 aromatic rings. The number of benzene rings is 1. The average Bonchev–Trinajstić information content (AvgIpc) is 3.03. The standard InChI is InChI=1S/C19H21FN6O2S2/c1-23-18(16-6-2-3-7-17(16)20)22-26(19(23)29)14-24-9-11-25(12-10-24)30(27,28)15-5-4-8-21-13-15/h2-8,13H,9-12,14H2,1H3. The van der Waals surface area contributed by atoms with Gasteiger partial charge >= 0.3 is 0 Å². The van der Waals surface area contributed by atoms with Crippen LogP contribution in [0, 0.1) is 10.6 Å². The molecule has 11 heteroatoms. The second-order valence-corrected chi connectivity index (χ2v) is 9.30. The maximum Gasteiger partial charge on any atom is 0.244 e. The summed E-state index contributed by atoms with van der Waals surface area (Å²) in [6.07, 6.45) is 2.90. The van der Waals surface area contributed by atoms with Crippen molar-refractivity contribution < 1.29 is 12.8 Å². The molecule has 0 bridgehead atoms. The van der Waals surface area contributed by atoms with Crippen LogP contribution in [0.4, 0.5) is 4.39 Å². The predicted octanol–water partition coefficient (Wildman–Crippen LogP) is 2.12. The highest BCUT2D eigenvalue weighted by atomic mass is 32.2. The molecular weight excluding hydrogens is 427 g/mol. The molecule has 1 saturated heterocycles. The van der Waals surface area contributed by atoms with Gasteiger partial charge in [-0.3, -0.25) is 9.88 Å². The lowest BCUT2D eigenvalue weighted by molar-refractivity contribution is 0.144. The monoisotopic (exact) mass is 448 g/mol. The summed E-state index contributed by atoms with van der Waals surface area (Å²) >= 11 is 5.47. The Morgan fingerprint density at radius 2 is 1.83 bits per heavy atom. The zero-order valence-electron chi connectivity index (χ0n) is 16.3. The number of hydrogen-bond acceptors (Lipinski definition) is 6. The quantitative estimate of drug-likeness (QED) is 0.557. The van der Waals surface area contributed by atoms with Gasteiger partial charge in [0.05, 0.1) is 12.2 Å². The summed E-state index contributed by atoms with van der Waals surface area (Å²) in [6.45, 7) is 2.19. The molecular formula is C19H21FN6O2S2. The number of aromatic nitrogens is 4. The van der Waals surface area contributed by atoms with E-state index in [1.807, 2.05) is 0 Å². The number of rotatable bonds is 5. The molecule has 0 unspecified atom stereocenters. The highest BCUT2D eigenvalue weighted by Crippen LogP contribution is 2.21. The summed E-state index contributed by atoms with van der Waals surface area (Å²) in [5, 5.41) is 4.50. The highest BCUT2D eigenvalue weighted by molar-refractivity contribution is 7.89. The van der Waals surface area contributed by atoms with Crippen LogP contribution in [0.5, 0.6) is 0 Å². The Balaban J connectivity index is 1.47. The van der Waals surface area contributed by atoms with Crippen LogP contribution >= 0.6 is 12.2 Å². The molecule has 30 heavy (non-hydrogen) atoms. The first-order valence-corrected chi connectivity index (χ1v) is 11.2. The Bertz CT molecular complexity index is 1200. The Morgan fingerprint density at radius 3 is 2.50 bits per heavy atom. The van der Waals surface area contributed by atoms with Gasteiger partial charge in [-0.15, -0.1) is 0 Å². The molecule has 0 radical (unpaired) electrons. The molecule has 0 atom stereocenters. The van der Waals surface area contributed by atoms with Crippen LogP contribution in [0.1, 0.15) is 0 Å². The Hall–Kier alpha value is -2.47. The SMILES string of the molecule is Cn1c(-c2ccccc2F)nn(CN2CCN(S(=O)(=O)c3cccnc3)CC2)c1=S. The number of hydrogen-bond donors (Lipinski definition) is 0. The molecule has 8 nitrogen and oxygen atoms in total. The Morgan fingerprint density at radius 1 is 1.10 bits per heavy atom. The summed E-state index contributed by atoms with van der Waals surface area (Å²) < 4.78 is 44.9. The van der Waals surface area contributed by atoms with Crippen LogP contribution in [0.25, 0.3) is 11.4 Å². The molecule has 1 aromatic carbocycles. The van der Waals surface area contributed by atoms with Gasteiger partial charge in [-0.25, -0.2) is 17.5 Å². The van der Waals surface area contributed by atoms with E-state index in [9.17, 15) is 12.8 Å². The van der Waals surface area contributed by atoms with Gasteiger partial charge in [-0.2, -0.15) is 9.40 Å². The van der Waals surface area contributed by atoms with Crippen molar-refractivity contribution in [1.82, 2.24) is 28.5 Å². The fraction of sp³-hybridized carbons (Fsp3) is 0.316. The van der Waals surface area contributed by atoms with E-state index in [2.05, 4.69) is 15.0 Å². The number of pyridine rings is 1. The van der Waals surface area contributed by atoms with Gasteiger partial charge in [0.2, 0.25) is 10.0 Å². The molecule has 3 heterocycles. The number of halogens is 1. The second-order valence-electron chi connectivity index (χ2n) is 7.00. The van der Waals surface area contributed by atoms with E-state index in [1.54, 1.807) is 52.8 Å². The van der Waals surface area contributed by atoms with Crippen molar-refractivity contribution in [3.8, 4) is 11.4 Å². The molecule has 0 amide bonds. The van der Waals surface area contributed by atoms with Crippen LogP contribution in [0.2, 0.25) is 0 Å². The van der Waals surface area contributed by atoms with Gasteiger partial charge in [-0.05, 0) is 36.5 Å². The minimum Gasteiger partial charge on any atom is -0.303 e. The lowest BCUT2D eigenvalue weighted by Gasteiger charge is -2.33. The summed E-state index contributed by atoms with van der Waals surface area (Å²) in [6, 6.07) is 9.59. The first-order chi connectivity index (χ1) is 14.4. The van der Waals surface area contributed by atoms with Crippen LogP contribution in [-0.2, 0) is 23.7 Å². The minimum atomic E-state index is -3.55. The van der Waals surface area contributed by atoms with E-state index in [4.69, 9.17) is 12.2 Å². The molecule has 2 aromatic heterocycles. The second kappa shape index (κ2) is 8.34. The van der Waals surface area contributed by atoms with E-state index >= 15 is 0 Å². The van der Waals surface area contributed by atoms with E-state index in [0.717, 1.165) is 0 Å². The van der Waals surface area contributed by atoms with Crippen molar-refractivity contribution in [2.45, 2.75) is 11.6 Å². The molecule has 1 aliphatic heterocycles. The lowest BCUT2D eigenvalue weighted by Crippen LogP contribution is -2.48. The summed E-state index contributed by atoms with van der Waals surface area (Å²) in [4.78, 5) is 6.17. The molecule has 1 fully saturated rings. The van der Waals surface area contributed by atoms with Crippen LogP contribution in [0.15, 0.2) is 53.7 Å². The van der Waals surface area contributed by atoms with Gasteiger partial charge in [-0.1, -0.05) is 12.1 Å². The Kier molecular flexibility index (Phi) is 5.78. The molecule has 4 rings (SSSR count). The van der Waals surface area contributed by atoms with E-state index < -0.39 is 10.0 Å². The van der Waals surface area contributed by atoms with Gasteiger partial charge in [0, 0.05) is 45.6 Å². The molecule has 1 aliphatic rings. The predicted molar refractivity (Wildman–Crippen MR) is 112 cm³/mol. The lowest BCUT2D eigenvalue weighted by atomic mass is 10.2. The normalized spacial score (nSPS) is 16.1. The third-order valence-electron chi connectivity index (χ3n) is 5.09. The van der Waals surface area contributed by atoms with Gasteiger partial charge in [0.25, 0.3) is 0 Å². The summed E-state index contributed by atoms with van der Waals surface area (Å²) in [5.74, 6) is 0.0952. The Labute approximate surface area is 179 Å². The third kappa shape index (κ3) is 3.93. The number of sulfonamides is 1. The van der Waals surface area contributed by atoms with Gasteiger partial charge in [0.15, 0.2) is 10.6 Å². The van der Waals surface area contributed by atoms with E-state index in [-0.39, 0.29) is 10.7 Å². The zero-order valence-corrected chi connectivity index (χ0v) is 18.0. The van der Waals surface area contributed by atoms with Crippen molar-refractivity contribution in [2.75, 3.05) is 26.2 Å². The summed E-state index contributed by atoms with van der Waals surface area (Å²) in [5.41, 5.74) is 0.386. The van der Waals surface area contributed by atoms with Crippen molar-refractivity contribution in [2.24, 2.45) is 7.05 Å². The molecule has 0 N–H and O–H groups in total. The number of piperazine rings is 1. The molecule has 0 aliphatic carbocycles. The fourth-order valence-electron chi connectivity index (χ4n) is 3.41. The van der Waals surface area contributed by atoms with Crippen LogP contribution in [0.3, 0.4) is 0 Å². The van der Waals surface area contributed by atoms with Crippen molar-refractivity contribution in [3.63, 3.8) is 0 Å². The largest absolute Gasteiger partial charge is 0.303 e. The first-order valence-electron chi connectivity index (χ1n) is 9.39. The van der Waals surface area contributed by atoms with Crippen molar-refractivity contribution in [1.29, 1.82) is 0 Å². The van der Waals surface area contributed by atoms with Gasteiger partial charge < -0.3 is 4.57 Å². The average molecular weight is 449 g/mol. The molecule has 158 valence electrons. The molecule has 0 saturated carbocycles. The first kappa shape index (κ1) is 20.8. The highest BCUT2D eigenvalue weighted by Gasteiger charge is 2.29. The van der Waals surface area contributed by atoms with Crippen LogP contribution in [-0.4, -0.2) is 63.1 Å². The van der Waals surface area contributed by atoms with Crippen LogP contribution < -0.4 is 0 Å². The maximum absolute atomic E-state index is 14.2. The van der Waals surface area contributed by atoms with Crippen molar-refractivity contribution >= 4 is 22.2 Å². The fourth-order valence-corrected chi connectivity index (χ4v) is 4.98. The molecule has 0 spiro atoms. The third-order valence-corrected chi connectivity index (χ3v) is 7.46. The topological polar surface area (TPSA) is 76.3 Å². The zero-order chi connectivity index (χ0) is 21.3. The van der Waals surface area contributed by atoms with Crippen molar-refractivity contribution in [3.05, 3.63) is 59.4 Å². The minimum absolute atomic E-state index is 0.194. The smallest absolute Gasteiger partial charge is 0.244 e. The number of nitrogens with zero attached hydrogens (tertiary/aromatic N) is 6. The maximum atomic E-state index is 14.2. The van der Waals surface area contributed by atoms with Gasteiger partial charge in [0.1, 0.15) is 10.7 Å². The van der Waals surface area contributed by atoms with E-state index in [1.165, 1.54) is 16.6 Å². The summed E-state index contributed by atoms with van der Waals surface area (Å²) in [7, 11) is -1.80. The van der Waals surface area contributed by atoms with E-state index in [0.29, 0.717) is 49.0 Å².